The highest BCUT2D eigenvalue weighted by molar-refractivity contribution is 7.89. The molecule has 5 heteroatoms. The average molecular weight is 312 g/mol. The van der Waals surface area contributed by atoms with Gasteiger partial charge in [-0.25, -0.2) is 13.1 Å². The SMILES string of the molecule is CCNC(C)c1cccc(S(=O)(=O)NC(CC)C(C)C)c1. The number of benzene rings is 1. The third-order valence-corrected chi connectivity index (χ3v) is 5.22. The van der Waals surface area contributed by atoms with Crippen molar-refractivity contribution in [3.05, 3.63) is 29.8 Å². The number of nitrogens with one attached hydrogen (secondary N) is 2. The van der Waals surface area contributed by atoms with Crippen molar-refractivity contribution in [2.24, 2.45) is 5.92 Å². The first kappa shape index (κ1) is 18.1. The summed E-state index contributed by atoms with van der Waals surface area (Å²) in [5.74, 6) is 0.272. The summed E-state index contributed by atoms with van der Waals surface area (Å²) in [7, 11) is -3.47. The molecule has 0 saturated heterocycles. The Labute approximate surface area is 129 Å². The highest BCUT2D eigenvalue weighted by Crippen LogP contribution is 2.19. The van der Waals surface area contributed by atoms with E-state index in [0.29, 0.717) is 4.90 Å². The monoisotopic (exact) mass is 312 g/mol. The van der Waals surface area contributed by atoms with Crippen molar-refractivity contribution < 1.29 is 8.42 Å². The molecule has 0 spiro atoms. The van der Waals surface area contributed by atoms with Gasteiger partial charge < -0.3 is 5.32 Å². The van der Waals surface area contributed by atoms with Crippen LogP contribution in [0.25, 0.3) is 0 Å². The fourth-order valence-corrected chi connectivity index (χ4v) is 3.86. The van der Waals surface area contributed by atoms with Crippen LogP contribution in [0.1, 0.15) is 52.6 Å². The Morgan fingerprint density at radius 2 is 1.81 bits per heavy atom. The van der Waals surface area contributed by atoms with Crippen LogP contribution >= 0.6 is 0 Å². The number of rotatable bonds is 8. The molecule has 1 aromatic carbocycles. The summed E-state index contributed by atoms with van der Waals surface area (Å²) in [6.07, 6.45) is 0.782. The quantitative estimate of drug-likeness (QED) is 0.775. The van der Waals surface area contributed by atoms with Gasteiger partial charge in [-0.05, 0) is 43.5 Å². The fraction of sp³-hybridized carbons (Fsp3) is 0.625. The maximum Gasteiger partial charge on any atom is 0.240 e. The van der Waals surface area contributed by atoms with E-state index in [1.54, 1.807) is 18.2 Å². The first-order valence-corrected chi connectivity index (χ1v) is 9.15. The highest BCUT2D eigenvalue weighted by Gasteiger charge is 2.21. The molecular weight excluding hydrogens is 284 g/mol. The van der Waals surface area contributed by atoms with Crippen LogP contribution in [0.2, 0.25) is 0 Å². The second-order valence-electron chi connectivity index (χ2n) is 5.73. The molecule has 120 valence electrons. The van der Waals surface area contributed by atoms with Gasteiger partial charge in [0.25, 0.3) is 0 Å². The predicted octanol–water partition coefficient (Wildman–Crippen LogP) is 3.07. The molecule has 0 radical (unpaired) electrons. The summed E-state index contributed by atoms with van der Waals surface area (Å²) in [4.78, 5) is 0.337. The van der Waals surface area contributed by atoms with Gasteiger partial charge in [-0.15, -0.1) is 0 Å². The van der Waals surface area contributed by atoms with Crippen molar-refractivity contribution in [2.75, 3.05) is 6.54 Å². The molecule has 2 N–H and O–H groups in total. The van der Waals surface area contributed by atoms with Gasteiger partial charge in [-0.2, -0.15) is 0 Å². The smallest absolute Gasteiger partial charge is 0.240 e. The van der Waals surface area contributed by atoms with Crippen LogP contribution in [0.15, 0.2) is 29.2 Å². The minimum absolute atomic E-state index is 0.0372. The van der Waals surface area contributed by atoms with Crippen molar-refractivity contribution in [1.82, 2.24) is 10.0 Å². The zero-order chi connectivity index (χ0) is 16.0. The number of sulfonamides is 1. The van der Waals surface area contributed by atoms with Crippen molar-refractivity contribution in [3.8, 4) is 0 Å². The standard InChI is InChI=1S/C16H28N2O2S/c1-6-16(12(3)4)18-21(19,20)15-10-8-9-14(11-15)13(5)17-7-2/h8-13,16-18H,6-7H2,1-5H3. The molecule has 0 aliphatic rings. The molecule has 0 aromatic heterocycles. The first-order valence-electron chi connectivity index (χ1n) is 7.67. The van der Waals surface area contributed by atoms with Crippen LogP contribution in [0.3, 0.4) is 0 Å². The molecule has 0 aliphatic heterocycles. The summed E-state index contributed by atoms with van der Waals surface area (Å²) in [5, 5.41) is 3.30. The lowest BCUT2D eigenvalue weighted by Crippen LogP contribution is -2.38. The van der Waals surface area contributed by atoms with Gasteiger partial charge in [0.05, 0.1) is 4.90 Å². The van der Waals surface area contributed by atoms with E-state index >= 15 is 0 Å². The van der Waals surface area contributed by atoms with Gasteiger partial charge in [-0.1, -0.05) is 39.8 Å². The molecule has 4 nitrogen and oxygen atoms in total. The zero-order valence-electron chi connectivity index (χ0n) is 13.7. The lowest BCUT2D eigenvalue weighted by atomic mass is 10.0. The van der Waals surface area contributed by atoms with Crippen LogP contribution in [-0.2, 0) is 10.0 Å². The van der Waals surface area contributed by atoms with Crippen molar-refractivity contribution in [3.63, 3.8) is 0 Å². The number of hydrogen-bond acceptors (Lipinski definition) is 3. The largest absolute Gasteiger partial charge is 0.310 e. The van der Waals surface area contributed by atoms with E-state index in [0.717, 1.165) is 18.5 Å². The van der Waals surface area contributed by atoms with Crippen LogP contribution in [0, 0.1) is 5.92 Å². The Hall–Kier alpha value is -0.910. The van der Waals surface area contributed by atoms with E-state index in [9.17, 15) is 8.42 Å². The van der Waals surface area contributed by atoms with Crippen LogP contribution in [-0.4, -0.2) is 21.0 Å². The molecule has 2 unspecified atom stereocenters. The molecule has 1 aromatic rings. The Bertz CT molecular complexity index is 541. The van der Waals surface area contributed by atoms with Crippen molar-refractivity contribution in [2.45, 2.75) is 58.0 Å². The molecule has 21 heavy (non-hydrogen) atoms. The van der Waals surface area contributed by atoms with E-state index in [1.165, 1.54) is 0 Å². The molecule has 1 rings (SSSR count). The minimum Gasteiger partial charge on any atom is -0.310 e. The number of hydrogen-bond donors (Lipinski definition) is 2. The summed E-state index contributed by atoms with van der Waals surface area (Å²) in [6.45, 7) is 11.0. The third-order valence-electron chi connectivity index (χ3n) is 3.73. The van der Waals surface area contributed by atoms with E-state index in [2.05, 4.69) is 10.0 Å². The summed E-state index contributed by atoms with van der Waals surface area (Å²) in [5.41, 5.74) is 0.984. The normalized spacial score (nSPS) is 15.1. The fourth-order valence-electron chi connectivity index (χ4n) is 2.33. The van der Waals surface area contributed by atoms with Crippen molar-refractivity contribution >= 4 is 10.0 Å². The zero-order valence-corrected chi connectivity index (χ0v) is 14.5. The van der Waals surface area contributed by atoms with E-state index < -0.39 is 10.0 Å². The second kappa shape index (κ2) is 7.92. The van der Waals surface area contributed by atoms with Gasteiger partial charge in [0.1, 0.15) is 0 Å². The molecular formula is C16H28N2O2S. The van der Waals surface area contributed by atoms with E-state index in [-0.39, 0.29) is 18.0 Å². The molecule has 0 bridgehead atoms. The lowest BCUT2D eigenvalue weighted by Gasteiger charge is -2.21. The molecule has 0 saturated carbocycles. The average Bonchev–Trinajstić information content (AvgIpc) is 2.45. The lowest BCUT2D eigenvalue weighted by molar-refractivity contribution is 0.437. The van der Waals surface area contributed by atoms with Gasteiger partial charge >= 0.3 is 0 Å². The Morgan fingerprint density at radius 1 is 1.14 bits per heavy atom. The molecule has 0 amide bonds. The van der Waals surface area contributed by atoms with Crippen LogP contribution < -0.4 is 10.0 Å². The van der Waals surface area contributed by atoms with Gasteiger partial charge in [0, 0.05) is 12.1 Å². The van der Waals surface area contributed by atoms with E-state index in [1.807, 2.05) is 40.7 Å². The topological polar surface area (TPSA) is 58.2 Å². The summed E-state index contributed by atoms with van der Waals surface area (Å²) >= 11 is 0. The molecule has 0 fully saturated rings. The first-order chi connectivity index (χ1) is 9.81. The molecule has 0 aliphatic carbocycles. The Balaban J connectivity index is 3.01. The maximum absolute atomic E-state index is 12.5. The van der Waals surface area contributed by atoms with Crippen LogP contribution in [0.4, 0.5) is 0 Å². The Kier molecular flexibility index (Phi) is 6.84. The second-order valence-corrected chi connectivity index (χ2v) is 7.45. The summed E-state index contributed by atoms with van der Waals surface area (Å²) in [6, 6.07) is 7.25. The Morgan fingerprint density at radius 3 is 2.33 bits per heavy atom. The van der Waals surface area contributed by atoms with Gasteiger partial charge in [0.15, 0.2) is 0 Å². The van der Waals surface area contributed by atoms with Gasteiger partial charge in [0.2, 0.25) is 10.0 Å². The third kappa shape index (κ3) is 5.09. The van der Waals surface area contributed by atoms with Crippen LogP contribution in [0.5, 0.6) is 0 Å². The molecule has 2 atom stereocenters. The highest BCUT2D eigenvalue weighted by atomic mass is 32.2. The minimum atomic E-state index is -3.47. The summed E-state index contributed by atoms with van der Waals surface area (Å²) < 4.78 is 27.8. The van der Waals surface area contributed by atoms with Gasteiger partial charge in [-0.3, -0.25) is 0 Å². The van der Waals surface area contributed by atoms with E-state index in [4.69, 9.17) is 0 Å². The molecule has 0 heterocycles. The maximum atomic E-state index is 12.5. The predicted molar refractivity (Wildman–Crippen MR) is 87.8 cm³/mol. The van der Waals surface area contributed by atoms with Crippen molar-refractivity contribution in [1.29, 1.82) is 0 Å².